The second-order valence-electron chi connectivity index (χ2n) is 7.58. The number of carbonyl (C=O) groups is 1. The first-order chi connectivity index (χ1) is 15.3. The fourth-order valence-electron chi connectivity index (χ4n) is 3.78. The minimum Gasteiger partial charge on any atom is -0.324 e. The Kier molecular flexibility index (Phi) is 6.09. The van der Waals surface area contributed by atoms with Gasteiger partial charge in [0, 0.05) is 36.8 Å². The van der Waals surface area contributed by atoms with Crippen molar-refractivity contribution in [3.05, 3.63) is 81.5 Å². The first-order valence-electron chi connectivity index (χ1n) is 10.2. The minimum atomic E-state index is -0.834. The van der Waals surface area contributed by atoms with Crippen LogP contribution in [0.5, 0.6) is 0 Å². The van der Waals surface area contributed by atoms with E-state index in [0.29, 0.717) is 35.9 Å². The van der Waals surface area contributed by atoms with E-state index in [9.17, 15) is 22.8 Å². The molecule has 1 aromatic heterocycles. The number of aromatic nitrogens is 2. The lowest BCUT2D eigenvalue weighted by atomic mass is 10.1. The predicted octanol–water partition coefficient (Wildman–Crippen LogP) is 3.34. The van der Waals surface area contributed by atoms with E-state index in [1.54, 1.807) is 0 Å². The molecule has 3 aromatic rings. The SMILES string of the molecule is CCN1CCc2nc(-c3ccc(F)cc3)n(CC(=O)Nc3cc(F)cc(F)c3)c(=O)c2C1. The van der Waals surface area contributed by atoms with Crippen LogP contribution in [0.3, 0.4) is 0 Å². The largest absolute Gasteiger partial charge is 0.324 e. The number of halogens is 3. The van der Waals surface area contributed by atoms with Crippen LogP contribution in [0.15, 0.2) is 47.3 Å². The molecule has 9 heteroatoms. The maximum atomic E-state index is 13.5. The van der Waals surface area contributed by atoms with Crippen LogP contribution in [0.1, 0.15) is 18.2 Å². The predicted molar refractivity (Wildman–Crippen MR) is 114 cm³/mol. The average Bonchev–Trinajstić information content (AvgIpc) is 2.75. The van der Waals surface area contributed by atoms with Gasteiger partial charge in [-0.3, -0.25) is 19.1 Å². The summed E-state index contributed by atoms with van der Waals surface area (Å²) in [6, 6.07) is 8.13. The molecule has 0 radical (unpaired) electrons. The van der Waals surface area contributed by atoms with E-state index in [1.165, 1.54) is 28.8 Å². The first-order valence-corrected chi connectivity index (χ1v) is 10.2. The van der Waals surface area contributed by atoms with Crippen molar-refractivity contribution in [1.29, 1.82) is 0 Å². The molecular formula is C23H21F3N4O2. The number of hydrogen-bond acceptors (Lipinski definition) is 4. The Balaban J connectivity index is 1.73. The Morgan fingerprint density at radius 2 is 1.75 bits per heavy atom. The second kappa shape index (κ2) is 8.96. The first kappa shape index (κ1) is 21.8. The van der Waals surface area contributed by atoms with E-state index in [1.807, 2.05) is 6.92 Å². The van der Waals surface area contributed by atoms with Gasteiger partial charge in [0.25, 0.3) is 5.56 Å². The maximum Gasteiger partial charge on any atom is 0.259 e. The van der Waals surface area contributed by atoms with Crippen LogP contribution in [0, 0.1) is 17.5 Å². The lowest BCUT2D eigenvalue weighted by Crippen LogP contribution is -2.39. The zero-order valence-electron chi connectivity index (χ0n) is 17.4. The van der Waals surface area contributed by atoms with Gasteiger partial charge in [0.1, 0.15) is 29.8 Å². The molecular weight excluding hydrogens is 421 g/mol. The Labute approximate surface area is 182 Å². The molecule has 0 saturated carbocycles. The van der Waals surface area contributed by atoms with Gasteiger partial charge in [0.15, 0.2) is 0 Å². The minimum absolute atomic E-state index is 0.0630. The lowest BCUT2D eigenvalue weighted by Gasteiger charge is -2.27. The lowest BCUT2D eigenvalue weighted by molar-refractivity contribution is -0.116. The van der Waals surface area contributed by atoms with E-state index < -0.39 is 29.9 Å². The summed E-state index contributed by atoms with van der Waals surface area (Å²) < 4.78 is 41.6. The van der Waals surface area contributed by atoms with Gasteiger partial charge in [0.2, 0.25) is 5.91 Å². The second-order valence-corrected chi connectivity index (χ2v) is 7.58. The Hall–Kier alpha value is -3.46. The molecule has 166 valence electrons. The maximum absolute atomic E-state index is 13.5. The summed E-state index contributed by atoms with van der Waals surface area (Å²) >= 11 is 0. The average molecular weight is 442 g/mol. The van der Waals surface area contributed by atoms with Crippen LogP contribution >= 0.6 is 0 Å². The van der Waals surface area contributed by atoms with Crippen LogP contribution < -0.4 is 10.9 Å². The van der Waals surface area contributed by atoms with E-state index in [2.05, 4.69) is 15.2 Å². The van der Waals surface area contributed by atoms with Gasteiger partial charge in [-0.1, -0.05) is 6.92 Å². The van der Waals surface area contributed by atoms with Gasteiger partial charge < -0.3 is 5.32 Å². The summed E-state index contributed by atoms with van der Waals surface area (Å²) in [6.07, 6.45) is 0.586. The molecule has 6 nitrogen and oxygen atoms in total. The number of hydrogen-bond donors (Lipinski definition) is 1. The normalized spacial score (nSPS) is 13.6. The van der Waals surface area contributed by atoms with E-state index >= 15 is 0 Å². The molecule has 1 amide bonds. The molecule has 0 saturated heterocycles. The van der Waals surface area contributed by atoms with Gasteiger partial charge in [-0.05, 0) is 42.9 Å². The number of nitrogens with zero attached hydrogens (tertiary/aromatic N) is 3. The number of likely N-dealkylation sites (N-methyl/N-ethyl adjacent to an activating group) is 1. The highest BCUT2D eigenvalue weighted by Crippen LogP contribution is 2.22. The highest BCUT2D eigenvalue weighted by atomic mass is 19.1. The van der Waals surface area contributed by atoms with Gasteiger partial charge in [-0.2, -0.15) is 0 Å². The van der Waals surface area contributed by atoms with Crippen molar-refractivity contribution in [3.8, 4) is 11.4 Å². The quantitative estimate of drug-likeness (QED) is 0.658. The van der Waals surface area contributed by atoms with Crippen molar-refractivity contribution in [2.75, 3.05) is 18.4 Å². The molecule has 2 heterocycles. The molecule has 4 rings (SSSR count). The fourth-order valence-corrected chi connectivity index (χ4v) is 3.78. The third-order valence-corrected chi connectivity index (χ3v) is 5.39. The number of rotatable bonds is 5. The number of carbonyl (C=O) groups excluding carboxylic acids is 1. The Morgan fingerprint density at radius 1 is 1.06 bits per heavy atom. The number of benzene rings is 2. The molecule has 1 aliphatic rings. The molecule has 0 fully saturated rings. The zero-order valence-corrected chi connectivity index (χ0v) is 17.4. The summed E-state index contributed by atoms with van der Waals surface area (Å²) in [7, 11) is 0. The van der Waals surface area contributed by atoms with Crippen LogP contribution in [0.2, 0.25) is 0 Å². The highest BCUT2D eigenvalue weighted by Gasteiger charge is 2.24. The van der Waals surface area contributed by atoms with E-state index in [0.717, 1.165) is 25.2 Å². The Morgan fingerprint density at radius 3 is 2.41 bits per heavy atom. The van der Waals surface area contributed by atoms with Crippen molar-refractivity contribution in [1.82, 2.24) is 14.5 Å². The van der Waals surface area contributed by atoms with Gasteiger partial charge >= 0.3 is 0 Å². The molecule has 0 bridgehead atoms. The van der Waals surface area contributed by atoms with Gasteiger partial charge in [-0.15, -0.1) is 0 Å². The third-order valence-electron chi connectivity index (χ3n) is 5.39. The number of amides is 1. The molecule has 0 aliphatic carbocycles. The van der Waals surface area contributed by atoms with E-state index in [-0.39, 0.29) is 17.1 Å². The number of fused-ring (bicyclic) bond motifs is 1. The van der Waals surface area contributed by atoms with Crippen molar-refractivity contribution in [2.24, 2.45) is 0 Å². The van der Waals surface area contributed by atoms with Crippen molar-refractivity contribution >= 4 is 11.6 Å². The molecule has 0 spiro atoms. The zero-order chi connectivity index (χ0) is 22.8. The Bertz CT molecular complexity index is 1200. The highest BCUT2D eigenvalue weighted by molar-refractivity contribution is 5.90. The monoisotopic (exact) mass is 442 g/mol. The smallest absolute Gasteiger partial charge is 0.259 e. The number of anilines is 1. The summed E-state index contributed by atoms with van der Waals surface area (Å²) in [5, 5.41) is 2.41. The van der Waals surface area contributed by atoms with Crippen LogP contribution in [-0.2, 0) is 24.3 Å². The molecule has 1 N–H and O–H groups in total. The molecule has 32 heavy (non-hydrogen) atoms. The van der Waals surface area contributed by atoms with Crippen molar-refractivity contribution in [3.63, 3.8) is 0 Å². The van der Waals surface area contributed by atoms with E-state index in [4.69, 9.17) is 0 Å². The van der Waals surface area contributed by atoms with Crippen LogP contribution in [0.25, 0.3) is 11.4 Å². The molecule has 1 aliphatic heterocycles. The van der Waals surface area contributed by atoms with Crippen LogP contribution in [0.4, 0.5) is 18.9 Å². The van der Waals surface area contributed by atoms with Crippen LogP contribution in [-0.4, -0.2) is 33.4 Å². The summed E-state index contributed by atoms with van der Waals surface area (Å²) in [4.78, 5) is 32.8. The summed E-state index contributed by atoms with van der Waals surface area (Å²) in [5.74, 6) is -2.52. The third kappa shape index (κ3) is 4.57. The van der Waals surface area contributed by atoms with Crippen molar-refractivity contribution in [2.45, 2.75) is 26.4 Å². The summed E-state index contributed by atoms with van der Waals surface area (Å²) in [5.41, 5.74) is 1.21. The fraction of sp³-hybridized carbons (Fsp3) is 0.261. The van der Waals surface area contributed by atoms with Crippen molar-refractivity contribution < 1.29 is 18.0 Å². The van der Waals surface area contributed by atoms with Gasteiger partial charge in [-0.25, -0.2) is 18.2 Å². The van der Waals surface area contributed by atoms with Gasteiger partial charge in [0.05, 0.1) is 11.3 Å². The molecule has 0 unspecified atom stereocenters. The number of nitrogens with one attached hydrogen (secondary N) is 1. The molecule has 2 aromatic carbocycles. The summed E-state index contributed by atoms with van der Waals surface area (Å²) in [6.45, 7) is 3.52. The topological polar surface area (TPSA) is 67.2 Å². The molecule has 0 atom stereocenters. The standard InChI is InChI=1S/C23H21F3N4O2/c1-2-29-8-7-20-19(12-29)23(32)30(22(28-20)14-3-5-15(24)6-4-14)13-21(31)27-18-10-16(25)9-17(26)11-18/h3-6,9-11H,2,7-8,12-13H2,1H3,(H,27,31).